The Morgan fingerprint density at radius 2 is 2.05 bits per heavy atom. The fourth-order valence-corrected chi connectivity index (χ4v) is 3.80. The average Bonchev–Trinajstić information content (AvgIpc) is 2.89. The fraction of sp³-hybridized carbons (Fsp3) is 0.647. The smallest absolute Gasteiger partial charge is 0.0323 e. The van der Waals surface area contributed by atoms with E-state index in [2.05, 4.69) is 49.2 Å². The van der Waals surface area contributed by atoms with Crippen LogP contribution in [0.1, 0.15) is 42.5 Å². The van der Waals surface area contributed by atoms with E-state index >= 15 is 0 Å². The van der Waals surface area contributed by atoms with Crippen LogP contribution in [-0.4, -0.2) is 30.6 Å². The van der Waals surface area contributed by atoms with E-state index in [1.165, 1.54) is 49.2 Å². The standard InChI is InChI=1S/C17H26N2/c1-12-6-7-15(9-13(12)2)14(3)19-8-4-5-16-10-18-11-17(16)19/h6-7,9,14,16-18H,4-5,8,10-11H2,1-3H3. The molecule has 19 heavy (non-hydrogen) atoms. The maximum Gasteiger partial charge on any atom is 0.0323 e. The lowest BCUT2D eigenvalue weighted by atomic mass is 9.89. The van der Waals surface area contributed by atoms with Gasteiger partial charge in [0.2, 0.25) is 0 Å². The number of benzene rings is 1. The molecule has 1 aromatic carbocycles. The van der Waals surface area contributed by atoms with Crippen molar-refractivity contribution in [3.8, 4) is 0 Å². The Labute approximate surface area is 117 Å². The van der Waals surface area contributed by atoms with Crippen LogP contribution in [0.4, 0.5) is 0 Å². The zero-order valence-corrected chi connectivity index (χ0v) is 12.4. The molecule has 2 heteroatoms. The second kappa shape index (κ2) is 5.26. The van der Waals surface area contributed by atoms with Crippen LogP contribution in [0.25, 0.3) is 0 Å². The maximum absolute atomic E-state index is 3.58. The summed E-state index contributed by atoms with van der Waals surface area (Å²) in [5, 5.41) is 3.58. The van der Waals surface area contributed by atoms with E-state index in [-0.39, 0.29) is 0 Å². The van der Waals surface area contributed by atoms with Crippen molar-refractivity contribution in [3.05, 3.63) is 34.9 Å². The van der Waals surface area contributed by atoms with Crippen LogP contribution >= 0.6 is 0 Å². The van der Waals surface area contributed by atoms with Crippen LogP contribution in [0, 0.1) is 19.8 Å². The first-order valence-corrected chi connectivity index (χ1v) is 7.70. The number of piperidine rings is 1. The number of nitrogens with zero attached hydrogens (tertiary/aromatic N) is 1. The lowest BCUT2D eigenvalue weighted by Gasteiger charge is -2.41. The molecule has 3 unspecified atom stereocenters. The molecule has 1 N–H and O–H groups in total. The topological polar surface area (TPSA) is 15.3 Å². The van der Waals surface area contributed by atoms with E-state index in [4.69, 9.17) is 0 Å². The van der Waals surface area contributed by atoms with Gasteiger partial charge in [-0.05, 0) is 69.3 Å². The number of hydrogen-bond acceptors (Lipinski definition) is 2. The molecule has 3 atom stereocenters. The summed E-state index contributed by atoms with van der Waals surface area (Å²) in [6, 6.07) is 8.28. The minimum absolute atomic E-state index is 0.548. The quantitative estimate of drug-likeness (QED) is 0.877. The lowest BCUT2D eigenvalue weighted by Crippen LogP contribution is -2.46. The van der Waals surface area contributed by atoms with Gasteiger partial charge in [0, 0.05) is 18.6 Å². The molecule has 3 rings (SSSR count). The highest BCUT2D eigenvalue weighted by atomic mass is 15.2. The number of fused-ring (bicyclic) bond motifs is 1. The molecule has 2 fully saturated rings. The highest BCUT2D eigenvalue weighted by Crippen LogP contribution is 2.33. The fourth-order valence-electron chi connectivity index (χ4n) is 3.80. The minimum Gasteiger partial charge on any atom is -0.315 e. The molecule has 0 aromatic heterocycles. The molecule has 2 aliphatic heterocycles. The van der Waals surface area contributed by atoms with E-state index in [1.807, 2.05) is 0 Å². The van der Waals surface area contributed by atoms with E-state index in [9.17, 15) is 0 Å². The Morgan fingerprint density at radius 1 is 1.21 bits per heavy atom. The summed E-state index contributed by atoms with van der Waals surface area (Å²) in [4.78, 5) is 2.73. The van der Waals surface area contributed by atoms with Crippen LogP contribution in [0.2, 0.25) is 0 Å². The van der Waals surface area contributed by atoms with Crippen LogP contribution in [0.5, 0.6) is 0 Å². The largest absolute Gasteiger partial charge is 0.315 e. The molecule has 0 aliphatic carbocycles. The molecule has 104 valence electrons. The Kier molecular flexibility index (Phi) is 3.64. The molecule has 0 amide bonds. The normalized spacial score (nSPS) is 29.2. The van der Waals surface area contributed by atoms with E-state index in [0.717, 1.165) is 12.0 Å². The highest BCUT2D eigenvalue weighted by Gasteiger charge is 2.37. The van der Waals surface area contributed by atoms with E-state index < -0.39 is 0 Å². The van der Waals surface area contributed by atoms with Crippen molar-refractivity contribution in [1.29, 1.82) is 0 Å². The number of hydrogen-bond donors (Lipinski definition) is 1. The summed E-state index contributed by atoms with van der Waals surface area (Å²) < 4.78 is 0. The predicted octanol–water partition coefficient (Wildman–Crippen LogP) is 3.05. The third-order valence-electron chi connectivity index (χ3n) is 5.23. The number of nitrogens with one attached hydrogen (secondary N) is 1. The second-order valence-corrected chi connectivity index (χ2v) is 6.39. The first-order chi connectivity index (χ1) is 9.16. The summed E-state index contributed by atoms with van der Waals surface area (Å²) in [7, 11) is 0. The van der Waals surface area contributed by atoms with Gasteiger partial charge in [-0.25, -0.2) is 0 Å². The number of rotatable bonds is 2. The highest BCUT2D eigenvalue weighted by molar-refractivity contribution is 5.31. The zero-order valence-electron chi connectivity index (χ0n) is 12.4. The Balaban J connectivity index is 1.82. The molecular weight excluding hydrogens is 232 g/mol. The summed E-state index contributed by atoms with van der Waals surface area (Å²) in [5.41, 5.74) is 4.30. The molecule has 2 saturated heterocycles. The predicted molar refractivity (Wildman–Crippen MR) is 80.4 cm³/mol. The third kappa shape index (κ3) is 2.44. The molecule has 0 saturated carbocycles. The summed E-state index contributed by atoms with van der Waals surface area (Å²) in [6.07, 6.45) is 2.77. The minimum atomic E-state index is 0.548. The Bertz CT molecular complexity index is 455. The van der Waals surface area contributed by atoms with Crippen LogP contribution in [0.3, 0.4) is 0 Å². The molecule has 0 spiro atoms. The maximum atomic E-state index is 3.58. The summed E-state index contributed by atoms with van der Waals surface area (Å²) in [6.45, 7) is 10.5. The summed E-state index contributed by atoms with van der Waals surface area (Å²) in [5.74, 6) is 0.878. The van der Waals surface area contributed by atoms with Crippen LogP contribution in [0.15, 0.2) is 18.2 Å². The van der Waals surface area contributed by atoms with Crippen molar-refractivity contribution >= 4 is 0 Å². The van der Waals surface area contributed by atoms with Crippen molar-refractivity contribution in [2.24, 2.45) is 5.92 Å². The van der Waals surface area contributed by atoms with Gasteiger partial charge in [-0.3, -0.25) is 4.90 Å². The zero-order chi connectivity index (χ0) is 13.4. The Morgan fingerprint density at radius 3 is 2.84 bits per heavy atom. The molecule has 2 nitrogen and oxygen atoms in total. The average molecular weight is 258 g/mol. The van der Waals surface area contributed by atoms with Gasteiger partial charge < -0.3 is 5.32 Å². The number of aryl methyl sites for hydroxylation is 2. The van der Waals surface area contributed by atoms with Crippen LogP contribution in [-0.2, 0) is 0 Å². The summed E-state index contributed by atoms with van der Waals surface area (Å²) >= 11 is 0. The molecule has 1 aromatic rings. The lowest BCUT2D eigenvalue weighted by molar-refractivity contribution is 0.0847. The molecule has 2 aliphatic rings. The third-order valence-corrected chi connectivity index (χ3v) is 5.23. The van der Waals surface area contributed by atoms with Gasteiger partial charge in [0.25, 0.3) is 0 Å². The van der Waals surface area contributed by atoms with Crippen molar-refractivity contribution in [2.75, 3.05) is 19.6 Å². The van der Waals surface area contributed by atoms with Gasteiger partial charge in [-0.1, -0.05) is 18.2 Å². The van der Waals surface area contributed by atoms with Crippen LogP contribution < -0.4 is 5.32 Å². The van der Waals surface area contributed by atoms with Gasteiger partial charge in [-0.2, -0.15) is 0 Å². The molecule has 2 heterocycles. The Hall–Kier alpha value is -0.860. The van der Waals surface area contributed by atoms with Gasteiger partial charge in [0.05, 0.1) is 0 Å². The van der Waals surface area contributed by atoms with E-state index in [1.54, 1.807) is 0 Å². The monoisotopic (exact) mass is 258 g/mol. The van der Waals surface area contributed by atoms with Crippen molar-refractivity contribution < 1.29 is 0 Å². The van der Waals surface area contributed by atoms with Crippen molar-refractivity contribution in [1.82, 2.24) is 10.2 Å². The van der Waals surface area contributed by atoms with Gasteiger partial charge >= 0.3 is 0 Å². The van der Waals surface area contributed by atoms with E-state index in [0.29, 0.717) is 6.04 Å². The van der Waals surface area contributed by atoms with Gasteiger partial charge in [0.15, 0.2) is 0 Å². The first kappa shape index (κ1) is 13.1. The van der Waals surface area contributed by atoms with Crippen molar-refractivity contribution in [2.45, 2.75) is 45.7 Å². The molecule has 0 radical (unpaired) electrons. The second-order valence-electron chi connectivity index (χ2n) is 6.39. The SMILES string of the molecule is Cc1ccc(C(C)N2CCCC3CNCC32)cc1C. The molecular formula is C17H26N2. The van der Waals surface area contributed by atoms with Gasteiger partial charge in [0.1, 0.15) is 0 Å². The first-order valence-electron chi connectivity index (χ1n) is 7.70. The van der Waals surface area contributed by atoms with Crippen molar-refractivity contribution in [3.63, 3.8) is 0 Å². The van der Waals surface area contributed by atoms with Gasteiger partial charge in [-0.15, -0.1) is 0 Å². The molecule has 0 bridgehead atoms. The number of likely N-dealkylation sites (tertiary alicyclic amines) is 1.